The standard InChI is InChI=1S/C8H15NS/c1-7-5-3-4-6-8(9-7)10-2/h5,8-9H,3-4,6H2,1-2H3. The van der Waals surface area contributed by atoms with Crippen molar-refractivity contribution in [1.29, 1.82) is 0 Å². The Morgan fingerprint density at radius 1 is 1.70 bits per heavy atom. The summed E-state index contributed by atoms with van der Waals surface area (Å²) in [6.07, 6.45) is 8.33. The average Bonchev–Trinajstić information content (AvgIpc) is 2.13. The fraction of sp³-hybridized carbons (Fsp3) is 0.750. The van der Waals surface area contributed by atoms with E-state index in [1.54, 1.807) is 0 Å². The van der Waals surface area contributed by atoms with E-state index in [9.17, 15) is 0 Å². The lowest BCUT2D eigenvalue weighted by atomic mass is 10.2. The molecule has 0 fully saturated rings. The van der Waals surface area contributed by atoms with Crippen LogP contribution in [0.5, 0.6) is 0 Å². The van der Waals surface area contributed by atoms with Gasteiger partial charge in [-0.1, -0.05) is 6.08 Å². The average molecular weight is 157 g/mol. The van der Waals surface area contributed by atoms with E-state index in [1.807, 2.05) is 11.8 Å². The van der Waals surface area contributed by atoms with Gasteiger partial charge in [-0.3, -0.25) is 0 Å². The molecule has 58 valence electrons. The molecule has 1 unspecified atom stereocenters. The monoisotopic (exact) mass is 157 g/mol. The SMILES string of the molecule is CSC1CCCC=C(C)N1. The summed E-state index contributed by atoms with van der Waals surface area (Å²) in [5, 5.41) is 4.10. The van der Waals surface area contributed by atoms with E-state index in [1.165, 1.54) is 25.0 Å². The number of rotatable bonds is 1. The van der Waals surface area contributed by atoms with E-state index < -0.39 is 0 Å². The minimum Gasteiger partial charge on any atom is -0.377 e. The van der Waals surface area contributed by atoms with Gasteiger partial charge < -0.3 is 5.32 Å². The second kappa shape index (κ2) is 3.91. The molecule has 0 amide bonds. The van der Waals surface area contributed by atoms with Crippen molar-refractivity contribution in [3.63, 3.8) is 0 Å². The van der Waals surface area contributed by atoms with Crippen LogP contribution in [-0.2, 0) is 0 Å². The molecule has 1 N–H and O–H groups in total. The molecule has 0 aromatic carbocycles. The van der Waals surface area contributed by atoms with Crippen LogP contribution in [0.25, 0.3) is 0 Å². The summed E-state index contributed by atoms with van der Waals surface area (Å²) in [6.45, 7) is 2.15. The quantitative estimate of drug-likeness (QED) is 0.627. The molecule has 2 heteroatoms. The molecule has 0 aromatic heterocycles. The maximum absolute atomic E-state index is 3.45. The summed E-state index contributed by atoms with van der Waals surface area (Å²) in [4.78, 5) is 0. The lowest BCUT2D eigenvalue weighted by Crippen LogP contribution is -2.22. The Morgan fingerprint density at radius 3 is 3.20 bits per heavy atom. The van der Waals surface area contributed by atoms with Crippen LogP contribution in [0.1, 0.15) is 26.2 Å². The minimum atomic E-state index is 0.652. The maximum atomic E-state index is 3.45. The smallest absolute Gasteiger partial charge is 0.0716 e. The van der Waals surface area contributed by atoms with Gasteiger partial charge in [0.05, 0.1) is 5.37 Å². The zero-order valence-electron chi connectivity index (χ0n) is 6.68. The van der Waals surface area contributed by atoms with Gasteiger partial charge in [0.1, 0.15) is 0 Å². The Hall–Kier alpha value is -0.110. The van der Waals surface area contributed by atoms with Gasteiger partial charge in [0.25, 0.3) is 0 Å². The van der Waals surface area contributed by atoms with Gasteiger partial charge in [0.2, 0.25) is 0 Å². The summed E-state index contributed by atoms with van der Waals surface area (Å²) >= 11 is 1.91. The topological polar surface area (TPSA) is 12.0 Å². The Morgan fingerprint density at radius 2 is 2.50 bits per heavy atom. The summed E-state index contributed by atoms with van der Waals surface area (Å²) in [7, 11) is 0. The number of hydrogen-bond donors (Lipinski definition) is 1. The van der Waals surface area contributed by atoms with E-state index in [-0.39, 0.29) is 0 Å². The third kappa shape index (κ3) is 2.25. The number of allylic oxidation sites excluding steroid dienone is 2. The first kappa shape index (κ1) is 7.99. The van der Waals surface area contributed by atoms with Crippen molar-refractivity contribution in [2.24, 2.45) is 0 Å². The van der Waals surface area contributed by atoms with Crippen molar-refractivity contribution in [1.82, 2.24) is 5.32 Å². The fourth-order valence-corrected chi connectivity index (χ4v) is 1.89. The second-order valence-corrected chi connectivity index (χ2v) is 3.73. The van der Waals surface area contributed by atoms with Crippen molar-refractivity contribution in [3.8, 4) is 0 Å². The Kier molecular flexibility index (Phi) is 3.13. The summed E-state index contributed by atoms with van der Waals surface area (Å²) in [6, 6.07) is 0. The van der Waals surface area contributed by atoms with Gasteiger partial charge in [0, 0.05) is 5.70 Å². The molecule has 10 heavy (non-hydrogen) atoms. The second-order valence-electron chi connectivity index (χ2n) is 2.69. The van der Waals surface area contributed by atoms with Crippen molar-refractivity contribution in [2.45, 2.75) is 31.6 Å². The fourth-order valence-electron chi connectivity index (χ4n) is 1.18. The largest absolute Gasteiger partial charge is 0.377 e. The first-order chi connectivity index (χ1) is 4.83. The van der Waals surface area contributed by atoms with E-state index in [0.717, 1.165) is 0 Å². The predicted molar refractivity (Wildman–Crippen MR) is 48.0 cm³/mol. The molecule has 1 rings (SSSR count). The Balaban J connectivity index is 2.43. The Labute approximate surface area is 67.3 Å². The minimum absolute atomic E-state index is 0.652. The molecule has 0 aromatic rings. The first-order valence-corrected chi connectivity index (χ1v) is 5.08. The third-order valence-corrected chi connectivity index (χ3v) is 2.72. The summed E-state index contributed by atoms with van der Waals surface area (Å²) in [5.41, 5.74) is 1.34. The van der Waals surface area contributed by atoms with Gasteiger partial charge in [-0.15, -0.1) is 11.8 Å². The predicted octanol–water partition coefficient (Wildman–Crippen LogP) is 2.35. The van der Waals surface area contributed by atoms with E-state index in [4.69, 9.17) is 0 Å². The molecule has 1 aliphatic heterocycles. The van der Waals surface area contributed by atoms with Crippen molar-refractivity contribution in [3.05, 3.63) is 11.8 Å². The van der Waals surface area contributed by atoms with Crippen LogP contribution in [-0.4, -0.2) is 11.6 Å². The molecule has 0 aliphatic carbocycles. The van der Waals surface area contributed by atoms with E-state index in [2.05, 4.69) is 24.6 Å². The van der Waals surface area contributed by atoms with Crippen LogP contribution in [0.2, 0.25) is 0 Å². The molecule has 0 saturated carbocycles. The number of hydrogen-bond acceptors (Lipinski definition) is 2. The van der Waals surface area contributed by atoms with Crippen molar-refractivity contribution >= 4 is 11.8 Å². The van der Waals surface area contributed by atoms with Crippen LogP contribution in [0.3, 0.4) is 0 Å². The molecule has 0 saturated heterocycles. The van der Waals surface area contributed by atoms with Gasteiger partial charge >= 0.3 is 0 Å². The molecule has 0 radical (unpaired) electrons. The van der Waals surface area contributed by atoms with Gasteiger partial charge in [-0.2, -0.15) is 0 Å². The lowest BCUT2D eigenvalue weighted by molar-refractivity contribution is 0.675. The highest BCUT2D eigenvalue weighted by Gasteiger charge is 2.07. The van der Waals surface area contributed by atoms with E-state index in [0.29, 0.717) is 5.37 Å². The van der Waals surface area contributed by atoms with Gasteiger partial charge in [-0.05, 0) is 32.4 Å². The number of thioether (sulfide) groups is 1. The van der Waals surface area contributed by atoms with Crippen LogP contribution in [0.4, 0.5) is 0 Å². The van der Waals surface area contributed by atoms with Crippen LogP contribution in [0.15, 0.2) is 11.8 Å². The molecule has 1 heterocycles. The van der Waals surface area contributed by atoms with Crippen LogP contribution in [0, 0.1) is 0 Å². The summed E-state index contributed by atoms with van der Waals surface area (Å²) < 4.78 is 0. The molecule has 1 nitrogen and oxygen atoms in total. The molecular formula is C8H15NS. The highest BCUT2D eigenvalue weighted by molar-refractivity contribution is 7.99. The Bertz CT molecular complexity index is 131. The lowest BCUT2D eigenvalue weighted by Gasteiger charge is -2.14. The molecular weight excluding hydrogens is 142 g/mol. The maximum Gasteiger partial charge on any atom is 0.0716 e. The van der Waals surface area contributed by atoms with Crippen LogP contribution >= 0.6 is 11.8 Å². The molecule has 1 aliphatic rings. The molecule has 0 spiro atoms. The van der Waals surface area contributed by atoms with Crippen LogP contribution < -0.4 is 5.32 Å². The zero-order chi connectivity index (χ0) is 7.40. The number of nitrogens with one attached hydrogen (secondary N) is 1. The first-order valence-electron chi connectivity index (χ1n) is 3.79. The van der Waals surface area contributed by atoms with Gasteiger partial charge in [0.15, 0.2) is 0 Å². The van der Waals surface area contributed by atoms with Crippen molar-refractivity contribution < 1.29 is 0 Å². The van der Waals surface area contributed by atoms with Gasteiger partial charge in [-0.25, -0.2) is 0 Å². The molecule has 0 bridgehead atoms. The molecule has 1 atom stereocenters. The normalized spacial score (nSPS) is 26.6. The van der Waals surface area contributed by atoms with E-state index >= 15 is 0 Å². The third-order valence-electron chi connectivity index (χ3n) is 1.79. The zero-order valence-corrected chi connectivity index (χ0v) is 7.50. The highest BCUT2D eigenvalue weighted by atomic mass is 32.2. The summed E-state index contributed by atoms with van der Waals surface area (Å²) in [5.74, 6) is 0. The highest BCUT2D eigenvalue weighted by Crippen LogP contribution is 2.16. The van der Waals surface area contributed by atoms with Crippen molar-refractivity contribution in [2.75, 3.05) is 6.26 Å².